The molecule has 2 N–H and O–H groups in total. The van der Waals surface area contributed by atoms with E-state index in [0.717, 1.165) is 26.7 Å². The highest BCUT2D eigenvalue weighted by Gasteiger charge is 2.29. The zero-order valence-electron chi connectivity index (χ0n) is 11.1. The van der Waals surface area contributed by atoms with E-state index in [1.165, 1.54) is 0 Å². The molecule has 0 bridgehead atoms. The van der Waals surface area contributed by atoms with Crippen LogP contribution in [0.25, 0.3) is 0 Å². The fraction of sp³-hybridized carbons (Fsp3) is 0.308. The van der Waals surface area contributed by atoms with E-state index in [4.69, 9.17) is 0 Å². The van der Waals surface area contributed by atoms with E-state index < -0.39 is 0 Å². The normalized spacial score (nSPS) is 14.4. The lowest BCUT2D eigenvalue weighted by Crippen LogP contribution is -2.41. The molecule has 0 unspecified atom stereocenters. The Balaban J connectivity index is 1.69. The summed E-state index contributed by atoms with van der Waals surface area (Å²) < 4.78 is 0.926. The minimum atomic E-state index is -0.336. The quantitative estimate of drug-likeness (QED) is 0.828. The maximum atomic E-state index is 11.6. The second-order valence-electron chi connectivity index (χ2n) is 4.30. The number of carbonyl (C=O) groups excluding carboxylic acids is 3. The Morgan fingerprint density at radius 2 is 2.05 bits per heavy atom. The molecule has 21 heavy (non-hydrogen) atoms. The number of nitrogens with zero attached hydrogens (tertiary/aromatic N) is 1. The van der Waals surface area contributed by atoms with Crippen LogP contribution in [0.1, 0.15) is 5.56 Å². The number of nitrogens with one attached hydrogen (secondary N) is 2. The number of benzene rings is 1. The van der Waals surface area contributed by atoms with Crippen molar-refractivity contribution < 1.29 is 14.4 Å². The summed E-state index contributed by atoms with van der Waals surface area (Å²) in [7, 11) is 0. The lowest BCUT2D eigenvalue weighted by Gasteiger charge is -2.13. The third-order valence-corrected chi connectivity index (χ3v) is 4.49. The minimum Gasteiger partial charge on any atom is -0.336 e. The molecule has 4 amide bonds. The van der Waals surface area contributed by atoms with E-state index in [2.05, 4.69) is 26.6 Å². The molecule has 1 aromatic rings. The standard InChI is InChI=1S/C13H14BrN3O3S/c14-10-4-2-1-3-9(10)7-16-12(19)15-5-6-17-11(18)8-21-13(17)20/h1-4H,5-8H2,(H2,15,16,19). The summed E-state index contributed by atoms with van der Waals surface area (Å²) in [5, 5.41) is 5.08. The van der Waals surface area contributed by atoms with Gasteiger partial charge in [-0.3, -0.25) is 14.5 Å². The largest absolute Gasteiger partial charge is 0.336 e. The number of hydrogen-bond donors (Lipinski definition) is 2. The van der Waals surface area contributed by atoms with Crippen LogP contribution in [-0.2, 0) is 11.3 Å². The van der Waals surface area contributed by atoms with Gasteiger partial charge in [0.05, 0.1) is 5.75 Å². The molecule has 1 fully saturated rings. The number of thioether (sulfide) groups is 1. The van der Waals surface area contributed by atoms with Gasteiger partial charge in [0, 0.05) is 24.1 Å². The molecule has 1 aromatic carbocycles. The zero-order chi connectivity index (χ0) is 15.2. The van der Waals surface area contributed by atoms with Gasteiger partial charge in [-0.25, -0.2) is 4.79 Å². The van der Waals surface area contributed by atoms with Crippen molar-refractivity contribution in [2.45, 2.75) is 6.54 Å². The van der Waals surface area contributed by atoms with Crippen LogP contribution >= 0.6 is 27.7 Å². The summed E-state index contributed by atoms with van der Waals surface area (Å²) in [6.07, 6.45) is 0. The Labute approximate surface area is 134 Å². The third-order valence-electron chi connectivity index (χ3n) is 2.86. The molecule has 6 nitrogen and oxygen atoms in total. The average molecular weight is 372 g/mol. The molecule has 1 aliphatic rings. The Morgan fingerprint density at radius 3 is 2.71 bits per heavy atom. The molecule has 1 saturated heterocycles. The van der Waals surface area contributed by atoms with E-state index in [1.807, 2.05) is 24.3 Å². The second-order valence-corrected chi connectivity index (χ2v) is 6.08. The highest BCUT2D eigenvalue weighted by molar-refractivity contribution is 9.10. The predicted octanol–water partition coefficient (Wildman–Crippen LogP) is 1.94. The minimum absolute atomic E-state index is 0.188. The number of imide groups is 1. The van der Waals surface area contributed by atoms with E-state index in [-0.39, 0.29) is 36.0 Å². The Bertz CT molecular complexity index is 551. The van der Waals surface area contributed by atoms with Gasteiger partial charge < -0.3 is 10.6 Å². The van der Waals surface area contributed by atoms with Gasteiger partial charge in [0.2, 0.25) is 5.91 Å². The number of urea groups is 1. The van der Waals surface area contributed by atoms with Gasteiger partial charge in [-0.15, -0.1) is 0 Å². The number of rotatable bonds is 5. The number of hydrogen-bond acceptors (Lipinski definition) is 4. The van der Waals surface area contributed by atoms with Crippen molar-refractivity contribution in [1.82, 2.24) is 15.5 Å². The lowest BCUT2D eigenvalue weighted by molar-refractivity contribution is -0.124. The van der Waals surface area contributed by atoms with Crippen molar-refractivity contribution in [2.24, 2.45) is 0 Å². The number of amides is 4. The van der Waals surface area contributed by atoms with Gasteiger partial charge >= 0.3 is 6.03 Å². The molecule has 0 aliphatic carbocycles. The number of halogens is 1. The van der Waals surface area contributed by atoms with Gasteiger partial charge in [-0.05, 0) is 11.6 Å². The Kier molecular flexibility index (Phi) is 5.63. The molecular formula is C13H14BrN3O3S. The maximum Gasteiger partial charge on any atom is 0.315 e. The maximum absolute atomic E-state index is 11.6. The van der Waals surface area contributed by atoms with Crippen LogP contribution < -0.4 is 10.6 Å². The molecule has 1 aliphatic heterocycles. The van der Waals surface area contributed by atoms with Gasteiger partial charge in [-0.1, -0.05) is 45.9 Å². The summed E-state index contributed by atoms with van der Waals surface area (Å²) in [4.78, 5) is 35.5. The third kappa shape index (κ3) is 4.47. The zero-order valence-corrected chi connectivity index (χ0v) is 13.5. The highest BCUT2D eigenvalue weighted by atomic mass is 79.9. The predicted molar refractivity (Wildman–Crippen MR) is 83.9 cm³/mol. The van der Waals surface area contributed by atoms with E-state index in [1.54, 1.807) is 0 Å². The van der Waals surface area contributed by atoms with Crippen LogP contribution in [0.15, 0.2) is 28.7 Å². The Morgan fingerprint density at radius 1 is 1.29 bits per heavy atom. The van der Waals surface area contributed by atoms with Crippen molar-refractivity contribution in [1.29, 1.82) is 0 Å². The fourth-order valence-electron chi connectivity index (χ4n) is 1.76. The van der Waals surface area contributed by atoms with Crippen LogP contribution in [0.2, 0.25) is 0 Å². The molecule has 0 radical (unpaired) electrons. The monoisotopic (exact) mass is 371 g/mol. The Hall–Kier alpha value is -1.54. The van der Waals surface area contributed by atoms with Crippen LogP contribution in [-0.4, -0.2) is 40.9 Å². The van der Waals surface area contributed by atoms with Crippen LogP contribution in [0, 0.1) is 0 Å². The fourth-order valence-corrected chi connectivity index (χ4v) is 2.93. The summed E-state index contributed by atoms with van der Waals surface area (Å²) in [5.41, 5.74) is 0.967. The first-order valence-electron chi connectivity index (χ1n) is 6.30. The number of carbonyl (C=O) groups is 3. The van der Waals surface area contributed by atoms with Gasteiger partial charge in [0.25, 0.3) is 5.24 Å². The summed E-state index contributed by atoms with van der Waals surface area (Å²) in [6.45, 7) is 0.831. The van der Waals surface area contributed by atoms with Gasteiger partial charge in [-0.2, -0.15) is 0 Å². The highest BCUT2D eigenvalue weighted by Crippen LogP contribution is 2.17. The van der Waals surface area contributed by atoms with Crippen LogP contribution in [0.3, 0.4) is 0 Å². The molecule has 1 heterocycles. The molecule has 0 saturated carbocycles. The van der Waals surface area contributed by atoms with Gasteiger partial charge in [0.15, 0.2) is 0 Å². The lowest BCUT2D eigenvalue weighted by atomic mass is 10.2. The molecule has 112 valence electrons. The van der Waals surface area contributed by atoms with Crippen molar-refractivity contribution >= 4 is 44.9 Å². The summed E-state index contributed by atoms with van der Waals surface area (Å²) in [6, 6.07) is 7.26. The first-order chi connectivity index (χ1) is 10.1. The molecule has 0 spiro atoms. The molecule has 0 aromatic heterocycles. The topological polar surface area (TPSA) is 78.5 Å². The smallest absolute Gasteiger partial charge is 0.315 e. The van der Waals surface area contributed by atoms with Crippen LogP contribution in [0.5, 0.6) is 0 Å². The SMILES string of the molecule is O=C(NCCN1C(=O)CSC1=O)NCc1ccccc1Br. The van der Waals surface area contributed by atoms with Crippen molar-refractivity contribution in [2.75, 3.05) is 18.8 Å². The molecule has 8 heteroatoms. The molecular weight excluding hydrogens is 358 g/mol. The average Bonchev–Trinajstić information content (AvgIpc) is 2.78. The molecule has 0 atom stereocenters. The van der Waals surface area contributed by atoms with Crippen LogP contribution in [0.4, 0.5) is 9.59 Å². The van der Waals surface area contributed by atoms with Crippen molar-refractivity contribution in [3.63, 3.8) is 0 Å². The summed E-state index contributed by atoms with van der Waals surface area (Å²) in [5.74, 6) is -0.0204. The summed E-state index contributed by atoms with van der Waals surface area (Å²) >= 11 is 4.39. The second kappa shape index (κ2) is 7.46. The van der Waals surface area contributed by atoms with Crippen molar-refractivity contribution in [3.05, 3.63) is 34.3 Å². The first-order valence-corrected chi connectivity index (χ1v) is 8.08. The van der Waals surface area contributed by atoms with E-state index >= 15 is 0 Å². The van der Waals surface area contributed by atoms with Gasteiger partial charge in [0.1, 0.15) is 0 Å². The van der Waals surface area contributed by atoms with E-state index in [0.29, 0.717) is 6.54 Å². The van der Waals surface area contributed by atoms with Crippen molar-refractivity contribution in [3.8, 4) is 0 Å². The van der Waals surface area contributed by atoms with E-state index in [9.17, 15) is 14.4 Å². The molecule has 2 rings (SSSR count). The first kappa shape index (κ1) is 15.8.